The van der Waals surface area contributed by atoms with Gasteiger partial charge < -0.3 is 19.1 Å². The number of Topliss-reactive ketones (excluding diaryl/α,β-unsaturated/α-hetero) is 1. The Labute approximate surface area is 207 Å². The molecule has 1 N–H and O–H groups in total. The summed E-state index contributed by atoms with van der Waals surface area (Å²) in [4.78, 5) is 31.8. The third-order valence-electron chi connectivity index (χ3n) is 6.21. The van der Waals surface area contributed by atoms with Gasteiger partial charge in [0.05, 0.1) is 25.2 Å². The quantitative estimate of drug-likeness (QED) is 0.374. The van der Waals surface area contributed by atoms with Gasteiger partial charge in [0.1, 0.15) is 28.6 Å². The van der Waals surface area contributed by atoms with Crippen LogP contribution in [0.4, 0.5) is 5.82 Å². The molecule has 0 amide bonds. The van der Waals surface area contributed by atoms with Crippen LogP contribution < -0.4 is 4.90 Å². The molecule has 5 aromatic rings. The molecule has 5 heterocycles. The summed E-state index contributed by atoms with van der Waals surface area (Å²) in [5.74, 6) is 2.25. The summed E-state index contributed by atoms with van der Waals surface area (Å²) >= 11 is 0. The predicted molar refractivity (Wildman–Crippen MR) is 135 cm³/mol. The van der Waals surface area contributed by atoms with Crippen molar-refractivity contribution in [2.24, 2.45) is 0 Å². The molecule has 1 aliphatic heterocycles. The minimum absolute atomic E-state index is 0.0570. The molecule has 4 aromatic heterocycles. The van der Waals surface area contributed by atoms with Gasteiger partial charge in [-0.3, -0.25) is 9.78 Å². The summed E-state index contributed by atoms with van der Waals surface area (Å²) in [5.41, 5.74) is 5.21. The molecule has 0 saturated carbocycles. The molecule has 0 spiro atoms. The molecule has 0 aliphatic carbocycles. The minimum atomic E-state index is 0.0570. The fourth-order valence-corrected chi connectivity index (χ4v) is 4.38. The van der Waals surface area contributed by atoms with Crippen LogP contribution in [0.3, 0.4) is 0 Å². The maximum absolute atomic E-state index is 12.6. The Balaban J connectivity index is 1.14. The first kappa shape index (κ1) is 22.1. The number of nitrogens with one attached hydrogen (secondary N) is 1. The smallest absolute Gasteiger partial charge is 0.156 e. The van der Waals surface area contributed by atoms with Gasteiger partial charge in [-0.2, -0.15) is 0 Å². The third kappa shape index (κ3) is 4.60. The topological polar surface area (TPSA) is 110 Å². The molecule has 0 atom stereocenters. The molecule has 1 aromatic carbocycles. The van der Waals surface area contributed by atoms with Gasteiger partial charge in [0, 0.05) is 55.3 Å². The van der Waals surface area contributed by atoms with Crippen molar-refractivity contribution < 1.29 is 14.1 Å². The molecule has 1 fully saturated rings. The monoisotopic (exact) mass is 480 g/mol. The molecular weight excluding hydrogens is 456 g/mol. The number of hydrogen-bond acceptors (Lipinski definition) is 8. The predicted octanol–water partition coefficient (Wildman–Crippen LogP) is 3.87. The summed E-state index contributed by atoms with van der Waals surface area (Å²) in [6.07, 6.45) is 5.72. The average Bonchev–Trinajstić information content (AvgIpc) is 3.57. The number of rotatable bonds is 7. The van der Waals surface area contributed by atoms with Gasteiger partial charge in [0.25, 0.3) is 0 Å². The Hall–Kier alpha value is -4.37. The number of morpholine rings is 1. The van der Waals surface area contributed by atoms with Gasteiger partial charge in [-0.25, -0.2) is 9.97 Å². The summed E-state index contributed by atoms with van der Waals surface area (Å²) in [6, 6.07) is 15.4. The molecule has 9 heteroatoms. The lowest BCUT2D eigenvalue weighted by Gasteiger charge is -2.27. The zero-order valence-electron chi connectivity index (χ0n) is 19.6. The summed E-state index contributed by atoms with van der Waals surface area (Å²) in [7, 11) is 0. The lowest BCUT2D eigenvalue weighted by atomic mass is 10.0. The Morgan fingerprint density at radius 3 is 2.67 bits per heavy atom. The highest BCUT2D eigenvalue weighted by Gasteiger charge is 2.18. The zero-order valence-corrected chi connectivity index (χ0v) is 19.6. The van der Waals surface area contributed by atoms with Crippen molar-refractivity contribution in [3.05, 3.63) is 78.4 Å². The van der Waals surface area contributed by atoms with Crippen molar-refractivity contribution in [2.75, 3.05) is 31.2 Å². The summed E-state index contributed by atoms with van der Waals surface area (Å²) < 4.78 is 10.8. The van der Waals surface area contributed by atoms with Gasteiger partial charge in [0.15, 0.2) is 5.82 Å². The number of hydrogen-bond donors (Lipinski definition) is 1. The Morgan fingerprint density at radius 2 is 1.86 bits per heavy atom. The van der Waals surface area contributed by atoms with Crippen LogP contribution in [0.25, 0.3) is 33.7 Å². The number of ether oxygens (including phenoxy) is 1. The lowest BCUT2D eigenvalue weighted by molar-refractivity contribution is -0.118. The van der Waals surface area contributed by atoms with E-state index in [1.165, 1.54) is 0 Å². The average molecular weight is 481 g/mol. The SMILES string of the molecule is O=C(Cc1ccc(-c2nc3c(N4CCOCC4)nccc3[nH]2)cc1)Cc1cc(-c2cccnc2)no1. The van der Waals surface area contributed by atoms with Crippen LogP contribution in [0, 0.1) is 0 Å². The molecule has 1 saturated heterocycles. The molecule has 1 aliphatic rings. The number of pyridine rings is 2. The van der Waals surface area contributed by atoms with Crippen LogP contribution in [0.5, 0.6) is 0 Å². The van der Waals surface area contributed by atoms with E-state index in [9.17, 15) is 4.79 Å². The molecule has 6 rings (SSSR count). The number of H-pyrrole nitrogens is 1. The molecule has 0 bridgehead atoms. The highest BCUT2D eigenvalue weighted by atomic mass is 16.5. The molecule has 0 radical (unpaired) electrons. The van der Waals surface area contributed by atoms with Crippen molar-refractivity contribution in [1.82, 2.24) is 25.1 Å². The first-order chi connectivity index (χ1) is 17.7. The maximum Gasteiger partial charge on any atom is 0.156 e. The number of benzene rings is 1. The standard InChI is InChI=1S/C27H24N6O3/c34-21(15-22-16-24(32-36-22)20-2-1-8-28-17-20)14-18-3-5-19(6-4-18)26-30-23-7-9-29-27(25(23)31-26)33-10-12-35-13-11-33/h1-9,16-17H,10-15H2,(H,30,31). The van der Waals surface area contributed by atoms with Crippen molar-refractivity contribution in [3.8, 4) is 22.6 Å². The number of carbonyl (C=O) groups is 1. The van der Waals surface area contributed by atoms with Crippen LogP contribution >= 0.6 is 0 Å². The number of aromatic nitrogens is 5. The Kier molecular flexibility index (Phi) is 5.96. The first-order valence-corrected chi connectivity index (χ1v) is 11.9. The fourth-order valence-electron chi connectivity index (χ4n) is 4.38. The van der Waals surface area contributed by atoms with E-state index >= 15 is 0 Å². The summed E-state index contributed by atoms with van der Waals surface area (Å²) in [5, 5.41) is 4.05. The van der Waals surface area contributed by atoms with Crippen LogP contribution in [0.2, 0.25) is 0 Å². The third-order valence-corrected chi connectivity index (χ3v) is 6.21. The van der Waals surface area contributed by atoms with E-state index in [1.54, 1.807) is 24.7 Å². The lowest BCUT2D eigenvalue weighted by Crippen LogP contribution is -2.36. The van der Waals surface area contributed by atoms with Gasteiger partial charge in [0.2, 0.25) is 0 Å². The second-order valence-electron chi connectivity index (χ2n) is 8.72. The zero-order chi connectivity index (χ0) is 24.3. The second kappa shape index (κ2) is 9.71. The highest BCUT2D eigenvalue weighted by molar-refractivity contribution is 5.89. The molecule has 0 unspecified atom stereocenters. The number of ketones is 1. The van der Waals surface area contributed by atoms with Crippen LogP contribution in [0.1, 0.15) is 11.3 Å². The van der Waals surface area contributed by atoms with Crippen LogP contribution in [-0.2, 0) is 22.4 Å². The van der Waals surface area contributed by atoms with Crippen molar-refractivity contribution in [2.45, 2.75) is 12.8 Å². The normalized spacial score (nSPS) is 13.8. The number of fused-ring (bicyclic) bond motifs is 1. The van der Waals surface area contributed by atoms with Gasteiger partial charge in [-0.05, 0) is 23.8 Å². The fraction of sp³-hybridized carbons (Fsp3) is 0.222. The maximum atomic E-state index is 12.6. The van der Waals surface area contributed by atoms with Gasteiger partial charge >= 0.3 is 0 Å². The van der Waals surface area contributed by atoms with E-state index in [0.717, 1.165) is 52.5 Å². The molecule has 9 nitrogen and oxygen atoms in total. The van der Waals surface area contributed by atoms with E-state index in [-0.39, 0.29) is 12.2 Å². The van der Waals surface area contributed by atoms with E-state index < -0.39 is 0 Å². The van der Waals surface area contributed by atoms with Gasteiger partial charge in [-0.15, -0.1) is 0 Å². The minimum Gasteiger partial charge on any atom is -0.378 e. The number of imidazole rings is 1. The van der Waals surface area contributed by atoms with Gasteiger partial charge in [-0.1, -0.05) is 29.4 Å². The molecule has 36 heavy (non-hydrogen) atoms. The number of carbonyl (C=O) groups excluding carboxylic acids is 1. The van der Waals surface area contributed by atoms with E-state index in [2.05, 4.69) is 25.0 Å². The van der Waals surface area contributed by atoms with Crippen molar-refractivity contribution >= 4 is 22.6 Å². The van der Waals surface area contributed by atoms with Crippen molar-refractivity contribution in [1.29, 1.82) is 0 Å². The van der Waals surface area contributed by atoms with Crippen LogP contribution in [-0.4, -0.2) is 57.2 Å². The number of aromatic amines is 1. The van der Waals surface area contributed by atoms with Crippen LogP contribution in [0.15, 0.2) is 71.6 Å². The largest absolute Gasteiger partial charge is 0.378 e. The second-order valence-corrected chi connectivity index (χ2v) is 8.72. The summed E-state index contributed by atoms with van der Waals surface area (Å²) in [6.45, 7) is 2.99. The number of anilines is 1. The van der Waals surface area contributed by atoms with E-state index in [1.807, 2.05) is 42.5 Å². The Morgan fingerprint density at radius 1 is 1.00 bits per heavy atom. The van der Waals surface area contributed by atoms with E-state index in [4.69, 9.17) is 14.2 Å². The Bertz CT molecular complexity index is 1490. The first-order valence-electron chi connectivity index (χ1n) is 11.9. The molecule has 180 valence electrons. The van der Waals surface area contributed by atoms with E-state index in [0.29, 0.717) is 31.1 Å². The molecular formula is C27H24N6O3. The highest BCUT2D eigenvalue weighted by Crippen LogP contribution is 2.27. The number of nitrogens with zero attached hydrogens (tertiary/aromatic N) is 5. The van der Waals surface area contributed by atoms with Crippen molar-refractivity contribution in [3.63, 3.8) is 0 Å².